The maximum absolute atomic E-state index is 12.9. The third-order valence-corrected chi connectivity index (χ3v) is 2.57. The highest BCUT2D eigenvalue weighted by molar-refractivity contribution is 9.10. The quantitative estimate of drug-likeness (QED) is 0.656. The predicted molar refractivity (Wildman–Crippen MR) is 60.2 cm³/mol. The van der Waals surface area contributed by atoms with Crippen molar-refractivity contribution in [3.63, 3.8) is 0 Å². The second-order valence-corrected chi connectivity index (χ2v) is 4.17. The van der Waals surface area contributed by atoms with Gasteiger partial charge >= 0.3 is 12.2 Å². The molecule has 0 unspecified atom stereocenters. The molecule has 0 amide bonds. The first-order valence-corrected chi connectivity index (χ1v) is 5.38. The zero-order chi connectivity index (χ0) is 13.3. The maximum Gasteiger partial charge on any atom is 0.417 e. The number of nitrogens with zero attached hydrogens (tertiary/aromatic N) is 2. The molecular weight excluding hydrogens is 317 g/mol. The van der Waals surface area contributed by atoms with Crippen molar-refractivity contribution in [3.05, 3.63) is 28.2 Å². The highest BCUT2D eigenvalue weighted by atomic mass is 79.9. The van der Waals surface area contributed by atoms with Crippen LogP contribution in [0, 0.1) is 0 Å². The van der Waals surface area contributed by atoms with Gasteiger partial charge in [0.15, 0.2) is 0 Å². The first kappa shape index (κ1) is 12.8. The van der Waals surface area contributed by atoms with Crippen LogP contribution in [-0.2, 0) is 6.18 Å². The molecule has 2 rings (SSSR count). The zero-order valence-corrected chi connectivity index (χ0v) is 10.2. The molecule has 0 bridgehead atoms. The Hall–Kier alpha value is -1.61. The van der Waals surface area contributed by atoms with Gasteiger partial charge in [-0.2, -0.15) is 18.2 Å². The van der Waals surface area contributed by atoms with Gasteiger partial charge in [0.05, 0.1) is 5.56 Å². The minimum atomic E-state index is -4.52. The highest BCUT2D eigenvalue weighted by Gasteiger charge is 2.35. The second kappa shape index (κ2) is 4.58. The lowest BCUT2D eigenvalue weighted by molar-refractivity contribution is -0.137. The smallest absolute Gasteiger partial charge is 0.314 e. The summed E-state index contributed by atoms with van der Waals surface area (Å²) in [7, 11) is 0. The fourth-order valence-electron chi connectivity index (χ4n) is 1.34. The fraction of sp³-hybridized carbons (Fsp3) is 0.111. The van der Waals surface area contributed by atoms with Crippen molar-refractivity contribution in [1.82, 2.24) is 10.1 Å². The number of nitrogen functional groups attached to an aromatic ring is 1. The molecule has 1 aromatic heterocycles. The highest BCUT2D eigenvalue weighted by Crippen LogP contribution is 2.37. The lowest BCUT2D eigenvalue weighted by Crippen LogP contribution is -2.08. The van der Waals surface area contributed by atoms with Crippen LogP contribution in [0.3, 0.4) is 0 Å². The lowest BCUT2D eigenvalue weighted by Gasteiger charge is -2.10. The van der Waals surface area contributed by atoms with Gasteiger partial charge in [0.25, 0.3) is 0 Å². The van der Waals surface area contributed by atoms with Crippen molar-refractivity contribution in [1.29, 1.82) is 0 Å². The molecule has 1 heterocycles. The molecule has 96 valence electrons. The average molecular weight is 323 g/mol. The van der Waals surface area contributed by atoms with E-state index in [4.69, 9.17) is 5.84 Å². The summed E-state index contributed by atoms with van der Waals surface area (Å²) in [6.45, 7) is 0. The average Bonchev–Trinajstić information content (AvgIpc) is 2.76. The Bertz CT molecular complexity index is 569. The van der Waals surface area contributed by atoms with Crippen LogP contribution in [0.5, 0.6) is 0 Å². The van der Waals surface area contributed by atoms with Gasteiger partial charge in [0, 0.05) is 10.0 Å². The fourth-order valence-corrected chi connectivity index (χ4v) is 1.70. The van der Waals surface area contributed by atoms with Crippen molar-refractivity contribution in [2.45, 2.75) is 6.18 Å². The number of nitrogens with two attached hydrogens (primary N) is 1. The van der Waals surface area contributed by atoms with Crippen LogP contribution in [-0.4, -0.2) is 10.1 Å². The molecule has 3 N–H and O–H groups in total. The van der Waals surface area contributed by atoms with Gasteiger partial charge in [-0.25, -0.2) is 5.84 Å². The number of hydrogen-bond donors (Lipinski definition) is 2. The Morgan fingerprint density at radius 1 is 1.33 bits per heavy atom. The summed E-state index contributed by atoms with van der Waals surface area (Å²) < 4.78 is 43.5. The molecule has 0 atom stereocenters. The molecule has 0 aliphatic heterocycles. The van der Waals surface area contributed by atoms with E-state index in [1.165, 1.54) is 12.1 Å². The molecule has 2 aromatic rings. The number of hydrogen-bond acceptors (Lipinski definition) is 5. The number of halogens is 4. The van der Waals surface area contributed by atoms with Crippen LogP contribution in [0.25, 0.3) is 11.4 Å². The van der Waals surface area contributed by atoms with Crippen LogP contribution in [0.2, 0.25) is 0 Å². The summed E-state index contributed by atoms with van der Waals surface area (Å²) in [5.41, 5.74) is 1.01. The first-order valence-electron chi connectivity index (χ1n) is 4.59. The van der Waals surface area contributed by atoms with Crippen LogP contribution in [0.1, 0.15) is 5.56 Å². The Morgan fingerprint density at radius 2 is 2.06 bits per heavy atom. The third kappa shape index (κ3) is 2.46. The van der Waals surface area contributed by atoms with Gasteiger partial charge in [0.1, 0.15) is 0 Å². The van der Waals surface area contributed by atoms with E-state index in [1.807, 2.05) is 0 Å². The summed E-state index contributed by atoms with van der Waals surface area (Å²) in [6, 6.07) is 3.48. The second-order valence-electron chi connectivity index (χ2n) is 3.26. The summed E-state index contributed by atoms with van der Waals surface area (Å²) in [5, 5.41) is 3.42. The monoisotopic (exact) mass is 322 g/mol. The van der Waals surface area contributed by atoms with Gasteiger partial charge < -0.3 is 4.52 Å². The number of alkyl halides is 3. The SMILES string of the molecule is NNc1nc(-c2ccc(Br)cc2C(F)(F)F)no1. The molecule has 1 aromatic carbocycles. The molecule has 0 radical (unpaired) electrons. The molecule has 0 aliphatic carbocycles. The molecule has 5 nitrogen and oxygen atoms in total. The van der Waals surface area contributed by atoms with Gasteiger partial charge in [-0.3, -0.25) is 5.43 Å². The molecule has 18 heavy (non-hydrogen) atoms. The molecule has 0 aliphatic rings. The van der Waals surface area contributed by atoms with Crippen LogP contribution in [0.15, 0.2) is 27.2 Å². The van der Waals surface area contributed by atoms with Crippen LogP contribution < -0.4 is 11.3 Å². The number of nitrogens with one attached hydrogen (secondary N) is 1. The number of aromatic nitrogens is 2. The van der Waals surface area contributed by atoms with E-state index >= 15 is 0 Å². The first-order chi connectivity index (χ1) is 8.41. The van der Waals surface area contributed by atoms with Crippen LogP contribution >= 0.6 is 15.9 Å². The Labute approximate surface area is 107 Å². The summed E-state index contributed by atoms with van der Waals surface area (Å²) >= 11 is 2.98. The topological polar surface area (TPSA) is 77.0 Å². The number of rotatable bonds is 2. The lowest BCUT2D eigenvalue weighted by atomic mass is 10.1. The molecule has 0 saturated carbocycles. The Kier molecular flexibility index (Phi) is 3.26. The predicted octanol–water partition coefficient (Wildman–Crippen LogP) is 2.80. The Balaban J connectivity index is 2.56. The van der Waals surface area contributed by atoms with Gasteiger partial charge in [0.2, 0.25) is 5.82 Å². The van der Waals surface area contributed by atoms with E-state index in [1.54, 1.807) is 0 Å². The molecule has 0 fully saturated rings. The van der Waals surface area contributed by atoms with E-state index in [0.717, 1.165) is 6.07 Å². The normalized spacial score (nSPS) is 11.6. The van der Waals surface area contributed by atoms with Crippen molar-refractivity contribution in [2.24, 2.45) is 5.84 Å². The van der Waals surface area contributed by atoms with E-state index in [9.17, 15) is 13.2 Å². The maximum atomic E-state index is 12.9. The van der Waals surface area contributed by atoms with E-state index in [0.29, 0.717) is 4.47 Å². The van der Waals surface area contributed by atoms with E-state index in [2.05, 4.69) is 36.0 Å². The van der Waals surface area contributed by atoms with Gasteiger partial charge in [-0.15, -0.1) is 0 Å². The Morgan fingerprint density at radius 3 is 2.61 bits per heavy atom. The number of anilines is 1. The molecular formula is C9H6BrF3N4O. The minimum Gasteiger partial charge on any atom is -0.314 e. The zero-order valence-electron chi connectivity index (χ0n) is 8.62. The summed E-state index contributed by atoms with van der Waals surface area (Å²) in [5.74, 6) is 4.82. The summed E-state index contributed by atoms with van der Waals surface area (Å²) in [6.07, 6.45) is -4.52. The van der Waals surface area contributed by atoms with Crippen molar-refractivity contribution in [2.75, 3.05) is 5.43 Å². The van der Waals surface area contributed by atoms with Gasteiger partial charge in [-0.05, 0) is 18.2 Å². The standard InChI is InChI=1S/C9H6BrF3N4O/c10-4-1-2-5(6(3-4)9(11,12)13)7-15-8(16-14)18-17-7/h1-3H,14H2,(H,15,16,17). The van der Waals surface area contributed by atoms with Gasteiger partial charge in [-0.1, -0.05) is 21.1 Å². The number of hydrazine groups is 1. The van der Waals surface area contributed by atoms with E-state index in [-0.39, 0.29) is 17.4 Å². The molecule has 0 saturated heterocycles. The van der Waals surface area contributed by atoms with Crippen molar-refractivity contribution in [3.8, 4) is 11.4 Å². The van der Waals surface area contributed by atoms with E-state index < -0.39 is 11.7 Å². The minimum absolute atomic E-state index is 0.166. The van der Waals surface area contributed by atoms with Crippen molar-refractivity contribution >= 4 is 21.9 Å². The summed E-state index contributed by atoms with van der Waals surface area (Å²) in [4.78, 5) is 3.67. The number of benzene rings is 1. The molecule has 9 heteroatoms. The largest absolute Gasteiger partial charge is 0.417 e. The molecule has 0 spiro atoms. The van der Waals surface area contributed by atoms with Crippen LogP contribution in [0.4, 0.5) is 19.2 Å². The third-order valence-electron chi connectivity index (χ3n) is 2.08. The van der Waals surface area contributed by atoms with Crippen molar-refractivity contribution < 1.29 is 17.7 Å².